The summed E-state index contributed by atoms with van der Waals surface area (Å²) in [4.78, 5) is 14.6. The molecule has 0 aliphatic rings. The van der Waals surface area contributed by atoms with Crippen molar-refractivity contribution in [1.29, 1.82) is 0 Å². The van der Waals surface area contributed by atoms with Gasteiger partial charge in [-0.2, -0.15) is 0 Å². The average molecular weight is 298 g/mol. The van der Waals surface area contributed by atoms with E-state index in [1.54, 1.807) is 18.2 Å². The van der Waals surface area contributed by atoms with Crippen LogP contribution in [0.2, 0.25) is 0 Å². The number of phenolic OH excluding ortho intramolecular Hbond substituents is 1. The summed E-state index contributed by atoms with van der Waals surface area (Å²) < 4.78 is 0. The monoisotopic (exact) mass is 298 g/mol. The van der Waals surface area contributed by atoms with Crippen LogP contribution in [0.4, 0.5) is 11.4 Å². The summed E-state index contributed by atoms with van der Waals surface area (Å²) in [6.45, 7) is 2.13. The highest BCUT2D eigenvalue weighted by molar-refractivity contribution is 5.83. The molecule has 5 heteroatoms. The summed E-state index contributed by atoms with van der Waals surface area (Å²) in [6, 6.07) is 11.6. The van der Waals surface area contributed by atoms with Crippen molar-refractivity contribution in [3.8, 4) is 5.75 Å². The number of benzene rings is 2. The van der Waals surface area contributed by atoms with E-state index in [1.165, 1.54) is 18.3 Å². The molecule has 0 saturated carbocycles. The molecule has 0 aliphatic heterocycles. The number of hydrogen-bond acceptors (Lipinski definition) is 4. The fourth-order valence-electron chi connectivity index (χ4n) is 2.07. The Labute approximate surface area is 129 Å². The Morgan fingerprint density at radius 3 is 2.82 bits per heavy atom. The fourth-order valence-corrected chi connectivity index (χ4v) is 2.07. The van der Waals surface area contributed by atoms with Gasteiger partial charge in [0.1, 0.15) is 11.4 Å². The molecule has 22 heavy (non-hydrogen) atoms. The van der Waals surface area contributed by atoms with Crippen LogP contribution in [0, 0.1) is 10.1 Å². The van der Waals surface area contributed by atoms with Crippen LogP contribution in [0.1, 0.15) is 30.9 Å². The summed E-state index contributed by atoms with van der Waals surface area (Å²) in [5.74, 6) is 0.0990. The van der Waals surface area contributed by atoms with Crippen LogP contribution >= 0.6 is 0 Å². The maximum Gasteiger partial charge on any atom is 0.270 e. The van der Waals surface area contributed by atoms with Crippen molar-refractivity contribution in [3.63, 3.8) is 0 Å². The van der Waals surface area contributed by atoms with E-state index in [0.717, 1.165) is 24.8 Å². The molecule has 0 bridgehead atoms. The molecule has 2 aromatic rings. The van der Waals surface area contributed by atoms with Crippen LogP contribution in [0.25, 0.3) is 0 Å². The molecule has 0 fully saturated rings. The summed E-state index contributed by atoms with van der Waals surface area (Å²) in [5.41, 5.74) is 2.23. The van der Waals surface area contributed by atoms with Gasteiger partial charge in [-0.15, -0.1) is 0 Å². The van der Waals surface area contributed by atoms with E-state index in [9.17, 15) is 15.2 Å². The van der Waals surface area contributed by atoms with E-state index in [2.05, 4.69) is 11.9 Å². The van der Waals surface area contributed by atoms with E-state index in [0.29, 0.717) is 11.3 Å². The van der Waals surface area contributed by atoms with Gasteiger partial charge < -0.3 is 5.11 Å². The molecule has 0 heterocycles. The Kier molecular flexibility index (Phi) is 5.25. The molecule has 1 N–H and O–H groups in total. The van der Waals surface area contributed by atoms with Crippen molar-refractivity contribution in [1.82, 2.24) is 0 Å². The van der Waals surface area contributed by atoms with Crippen molar-refractivity contribution in [2.45, 2.75) is 26.2 Å². The number of unbranched alkanes of at least 4 members (excludes halogenated alkanes) is 1. The minimum absolute atomic E-state index is 0.0184. The third-order valence-electron chi connectivity index (χ3n) is 3.29. The second-order valence-electron chi connectivity index (χ2n) is 5.04. The fraction of sp³-hybridized carbons (Fsp3) is 0.235. The van der Waals surface area contributed by atoms with E-state index in [4.69, 9.17) is 0 Å². The first kappa shape index (κ1) is 15.7. The molecule has 0 aliphatic carbocycles. The van der Waals surface area contributed by atoms with Crippen molar-refractivity contribution >= 4 is 17.6 Å². The zero-order chi connectivity index (χ0) is 15.9. The molecule has 114 valence electrons. The van der Waals surface area contributed by atoms with Gasteiger partial charge in [0.05, 0.1) is 4.92 Å². The first-order chi connectivity index (χ1) is 10.6. The summed E-state index contributed by atoms with van der Waals surface area (Å²) in [6.07, 6.45) is 4.65. The van der Waals surface area contributed by atoms with Crippen LogP contribution in [0.3, 0.4) is 0 Å². The molecular weight excluding hydrogens is 280 g/mol. The van der Waals surface area contributed by atoms with Gasteiger partial charge in [-0.3, -0.25) is 15.1 Å². The molecule has 2 aromatic carbocycles. The van der Waals surface area contributed by atoms with Crippen LogP contribution < -0.4 is 0 Å². The second kappa shape index (κ2) is 7.36. The van der Waals surface area contributed by atoms with E-state index in [-0.39, 0.29) is 11.4 Å². The Hall–Kier alpha value is -2.69. The second-order valence-corrected chi connectivity index (χ2v) is 5.04. The lowest BCUT2D eigenvalue weighted by molar-refractivity contribution is -0.384. The van der Waals surface area contributed by atoms with Crippen molar-refractivity contribution in [2.24, 2.45) is 4.99 Å². The van der Waals surface area contributed by atoms with Crippen molar-refractivity contribution in [3.05, 3.63) is 63.7 Å². The van der Waals surface area contributed by atoms with Gasteiger partial charge in [0, 0.05) is 18.3 Å². The molecule has 0 spiro atoms. The first-order valence-electron chi connectivity index (χ1n) is 7.20. The van der Waals surface area contributed by atoms with Crippen molar-refractivity contribution in [2.75, 3.05) is 0 Å². The van der Waals surface area contributed by atoms with Crippen molar-refractivity contribution < 1.29 is 10.0 Å². The third-order valence-corrected chi connectivity index (χ3v) is 3.29. The number of non-ortho nitro benzene ring substituents is 1. The minimum Gasteiger partial charge on any atom is -0.506 e. The van der Waals surface area contributed by atoms with Gasteiger partial charge >= 0.3 is 0 Å². The Balaban J connectivity index is 2.22. The summed E-state index contributed by atoms with van der Waals surface area (Å²) >= 11 is 0. The molecule has 0 radical (unpaired) electrons. The maximum atomic E-state index is 10.7. The molecule has 0 saturated heterocycles. The number of aliphatic imine (C=N–C) groups is 1. The zero-order valence-electron chi connectivity index (χ0n) is 12.4. The summed E-state index contributed by atoms with van der Waals surface area (Å²) in [5, 5.41) is 20.6. The van der Waals surface area contributed by atoms with Gasteiger partial charge in [0.2, 0.25) is 0 Å². The van der Waals surface area contributed by atoms with Crippen LogP contribution in [-0.2, 0) is 6.42 Å². The molecule has 0 atom stereocenters. The van der Waals surface area contributed by atoms with Gasteiger partial charge in [-0.1, -0.05) is 31.5 Å². The predicted molar refractivity (Wildman–Crippen MR) is 87.1 cm³/mol. The first-order valence-corrected chi connectivity index (χ1v) is 7.20. The van der Waals surface area contributed by atoms with Crippen LogP contribution in [-0.4, -0.2) is 16.2 Å². The highest BCUT2D eigenvalue weighted by atomic mass is 16.6. The van der Waals surface area contributed by atoms with Crippen LogP contribution in [0.5, 0.6) is 5.75 Å². The predicted octanol–water partition coefficient (Wildman–Crippen LogP) is 4.39. The SMILES string of the molecule is CCCCc1ccc(O)c(N=Cc2cccc([N+](=O)[O-])c2)c1. The number of aryl methyl sites for hydroxylation is 1. The molecule has 5 nitrogen and oxygen atoms in total. The van der Waals surface area contributed by atoms with E-state index in [1.807, 2.05) is 12.1 Å². The number of hydrogen-bond donors (Lipinski definition) is 1. The zero-order valence-corrected chi connectivity index (χ0v) is 12.4. The van der Waals surface area contributed by atoms with Crippen LogP contribution in [0.15, 0.2) is 47.5 Å². The average Bonchev–Trinajstić information content (AvgIpc) is 2.53. The normalized spacial score (nSPS) is 11.0. The van der Waals surface area contributed by atoms with E-state index < -0.39 is 4.92 Å². The number of nitro benzene ring substituents is 1. The molecule has 0 unspecified atom stereocenters. The molecule has 0 amide bonds. The maximum absolute atomic E-state index is 10.7. The number of aromatic hydroxyl groups is 1. The molecule has 0 aromatic heterocycles. The molecular formula is C17H18N2O3. The van der Waals surface area contributed by atoms with Gasteiger partial charge in [0.25, 0.3) is 5.69 Å². The number of nitrogens with zero attached hydrogens (tertiary/aromatic N) is 2. The van der Waals surface area contributed by atoms with Gasteiger partial charge in [-0.25, -0.2) is 0 Å². The largest absolute Gasteiger partial charge is 0.506 e. The lowest BCUT2D eigenvalue weighted by atomic mass is 10.1. The third kappa shape index (κ3) is 4.15. The number of phenols is 1. The van der Waals surface area contributed by atoms with E-state index >= 15 is 0 Å². The lowest BCUT2D eigenvalue weighted by Crippen LogP contribution is -1.89. The highest BCUT2D eigenvalue weighted by Gasteiger charge is 2.05. The lowest BCUT2D eigenvalue weighted by Gasteiger charge is -2.04. The smallest absolute Gasteiger partial charge is 0.270 e. The topological polar surface area (TPSA) is 75.7 Å². The Morgan fingerprint density at radius 2 is 2.09 bits per heavy atom. The quantitative estimate of drug-likeness (QED) is 0.488. The minimum atomic E-state index is -0.444. The summed E-state index contributed by atoms with van der Waals surface area (Å²) in [7, 11) is 0. The number of rotatable bonds is 6. The molecule has 2 rings (SSSR count). The number of nitro groups is 1. The standard InChI is InChI=1S/C17H18N2O3/c1-2-3-5-13-8-9-17(20)16(11-13)18-12-14-6-4-7-15(10-14)19(21)22/h4,6-12,20H,2-3,5H2,1H3. The van der Waals surface area contributed by atoms with Gasteiger partial charge in [-0.05, 0) is 36.1 Å². The highest BCUT2D eigenvalue weighted by Crippen LogP contribution is 2.28. The van der Waals surface area contributed by atoms with Gasteiger partial charge in [0.15, 0.2) is 0 Å². The Morgan fingerprint density at radius 1 is 1.27 bits per heavy atom. The Bertz CT molecular complexity index is 696.